The third-order valence-corrected chi connectivity index (χ3v) is 3.98. The summed E-state index contributed by atoms with van der Waals surface area (Å²) in [7, 11) is 1.66. The third kappa shape index (κ3) is 3.09. The molecule has 1 unspecified atom stereocenters. The lowest BCUT2D eigenvalue weighted by molar-refractivity contribution is 0.170. The van der Waals surface area contributed by atoms with Gasteiger partial charge in [-0.05, 0) is 37.5 Å². The highest BCUT2D eigenvalue weighted by Crippen LogP contribution is 2.25. The number of nitrogens with zero attached hydrogens (tertiary/aromatic N) is 1. The van der Waals surface area contributed by atoms with Crippen molar-refractivity contribution in [3.8, 4) is 5.75 Å². The second kappa shape index (κ2) is 5.98. The third-order valence-electron chi connectivity index (χ3n) is 2.95. The average Bonchev–Trinajstić information content (AvgIpc) is 2.83. The average molecular weight is 263 g/mol. The van der Waals surface area contributed by atoms with Gasteiger partial charge in [-0.25, -0.2) is 4.98 Å². The van der Waals surface area contributed by atoms with Gasteiger partial charge in [-0.15, -0.1) is 11.3 Å². The van der Waals surface area contributed by atoms with E-state index in [2.05, 4.69) is 4.98 Å². The fourth-order valence-corrected chi connectivity index (χ4v) is 2.68. The molecule has 1 atom stereocenters. The topological polar surface area (TPSA) is 42.4 Å². The van der Waals surface area contributed by atoms with E-state index in [-0.39, 0.29) is 0 Å². The molecule has 0 aliphatic heterocycles. The van der Waals surface area contributed by atoms with Gasteiger partial charge < -0.3 is 9.84 Å². The number of hydrogen-bond acceptors (Lipinski definition) is 4. The molecule has 0 bridgehead atoms. The molecule has 0 saturated heterocycles. The van der Waals surface area contributed by atoms with Gasteiger partial charge in [0.05, 0.1) is 29.3 Å². The summed E-state index contributed by atoms with van der Waals surface area (Å²) in [5.74, 6) is 0.859. The van der Waals surface area contributed by atoms with Crippen LogP contribution in [0.3, 0.4) is 0 Å². The fourth-order valence-electron chi connectivity index (χ4n) is 1.86. The maximum atomic E-state index is 10.1. The molecule has 1 heterocycles. The smallest absolute Gasteiger partial charge is 0.118 e. The van der Waals surface area contributed by atoms with Crippen molar-refractivity contribution >= 4 is 11.3 Å². The van der Waals surface area contributed by atoms with Crippen LogP contribution in [-0.4, -0.2) is 17.2 Å². The van der Waals surface area contributed by atoms with Gasteiger partial charge in [-0.2, -0.15) is 0 Å². The van der Waals surface area contributed by atoms with Crippen molar-refractivity contribution in [2.45, 2.75) is 25.9 Å². The summed E-state index contributed by atoms with van der Waals surface area (Å²) >= 11 is 1.52. The molecule has 4 heteroatoms. The van der Waals surface area contributed by atoms with E-state index in [1.54, 1.807) is 12.6 Å². The summed E-state index contributed by atoms with van der Waals surface area (Å²) in [6.07, 6.45) is 1.15. The molecular formula is C14H17NO2S. The number of benzene rings is 1. The van der Waals surface area contributed by atoms with Gasteiger partial charge in [0.15, 0.2) is 0 Å². The summed E-state index contributed by atoms with van der Waals surface area (Å²) in [6, 6.07) is 7.95. The fraction of sp³-hybridized carbons (Fsp3) is 0.357. The van der Waals surface area contributed by atoms with Crippen LogP contribution in [0.5, 0.6) is 5.75 Å². The van der Waals surface area contributed by atoms with Gasteiger partial charge in [0, 0.05) is 0 Å². The van der Waals surface area contributed by atoms with Crippen LogP contribution in [0.25, 0.3) is 0 Å². The molecule has 2 aromatic rings. The lowest BCUT2D eigenvalue weighted by Gasteiger charge is -2.09. The van der Waals surface area contributed by atoms with Gasteiger partial charge >= 0.3 is 0 Å². The van der Waals surface area contributed by atoms with Gasteiger partial charge in [0.1, 0.15) is 5.75 Å². The van der Waals surface area contributed by atoms with Crippen molar-refractivity contribution in [2.75, 3.05) is 7.11 Å². The maximum Gasteiger partial charge on any atom is 0.118 e. The Bertz CT molecular complexity index is 493. The van der Waals surface area contributed by atoms with Crippen molar-refractivity contribution in [1.82, 2.24) is 4.98 Å². The highest BCUT2D eigenvalue weighted by atomic mass is 32.1. The Morgan fingerprint density at radius 1 is 1.33 bits per heavy atom. The summed E-state index contributed by atoms with van der Waals surface area (Å²) < 4.78 is 5.11. The minimum Gasteiger partial charge on any atom is -0.497 e. The molecule has 3 nitrogen and oxygen atoms in total. The van der Waals surface area contributed by atoms with E-state index in [0.29, 0.717) is 0 Å². The summed E-state index contributed by atoms with van der Waals surface area (Å²) in [5, 5.41) is 10.1. The van der Waals surface area contributed by atoms with Crippen LogP contribution in [0.2, 0.25) is 0 Å². The molecule has 0 saturated carbocycles. The number of ether oxygens (including phenoxy) is 1. The lowest BCUT2D eigenvalue weighted by Crippen LogP contribution is -1.99. The molecule has 1 N–H and O–H groups in total. The SMILES string of the molecule is COc1ccc(CCC(O)c2scnc2C)cc1. The van der Waals surface area contributed by atoms with E-state index in [1.165, 1.54) is 16.9 Å². The maximum absolute atomic E-state index is 10.1. The number of aromatic nitrogens is 1. The zero-order valence-electron chi connectivity index (χ0n) is 10.6. The van der Waals surface area contributed by atoms with Crippen LogP contribution in [-0.2, 0) is 6.42 Å². The molecule has 0 fully saturated rings. The molecule has 0 amide bonds. The number of thiazole rings is 1. The number of aryl methyl sites for hydroxylation is 2. The molecule has 0 radical (unpaired) electrons. The standard InChI is InChI=1S/C14H17NO2S/c1-10-14(18-9-15-10)13(16)8-5-11-3-6-12(17-2)7-4-11/h3-4,6-7,9,13,16H,5,8H2,1-2H3. The first-order valence-electron chi connectivity index (χ1n) is 5.91. The molecule has 18 heavy (non-hydrogen) atoms. The summed E-state index contributed by atoms with van der Waals surface area (Å²) in [6.45, 7) is 1.93. The van der Waals surface area contributed by atoms with Crippen LogP contribution >= 0.6 is 11.3 Å². The number of hydrogen-bond donors (Lipinski definition) is 1. The minimum absolute atomic E-state index is 0.417. The van der Waals surface area contributed by atoms with Crippen LogP contribution in [0.1, 0.15) is 28.7 Å². The van der Waals surface area contributed by atoms with Crippen molar-refractivity contribution in [1.29, 1.82) is 0 Å². The Balaban J connectivity index is 1.93. The lowest BCUT2D eigenvalue weighted by atomic mass is 10.1. The van der Waals surface area contributed by atoms with Crippen LogP contribution in [0.15, 0.2) is 29.8 Å². The Kier molecular flexibility index (Phi) is 4.33. The number of rotatable bonds is 5. The highest BCUT2D eigenvalue weighted by Gasteiger charge is 2.12. The van der Waals surface area contributed by atoms with Gasteiger partial charge in [-0.1, -0.05) is 12.1 Å². The Morgan fingerprint density at radius 2 is 2.06 bits per heavy atom. The van der Waals surface area contributed by atoms with E-state index >= 15 is 0 Å². The Labute approximate surface area is 111 Å². The molecule has 0 aliphatic rings. The van der Waals surface area contributed by atoms with Crippen LogP contribution in [0.4, 0.5) is 0 Å². The number of methoxy groups -OCH3 is 1. The first-order valence-corrected chi connectivity index (χ1v) is 6.79. The molecule has 96 valence electrons. The molecule has 1 aromatic heterocycles. The number of aliphatic hydroxyl groups is 1. The first kappa shape index (κ1) is 13.1. The normalized spacial score (nSPS) is 12.4. The summed E-state index contributed by atoms with van der Waals surface area (Å²) in [4.78, 5) is 5.13. The first-order chi connectivity index (χ1) is 8.70. The second-order valence-corrected chi connectivity index (χ2v) is 5.09. The molecular weight excluding hydrogens is 246 g/mol. The molecule has 1 aromatic carbocycles. The Morgan fingerprint density at radius 3 is 2.61 bits per heavy atom. The summed E-state index contributed by atoms with van der Waals surface area (Å²) in [5.41, 5.74) is 3.92. The van der Waals surface area contributed by atoms with E-state index in [0.717, 1.165) is 29.2 Å². The zero-order valence-corrected chi connectivity index (χ0v) is 11.4. The molecule has 0 aliphatic carbocycles. The monoisotopic (exact) mass is 263 g/mol. The van der Waals surface area contributed by atoms with Crippen molar-refractivity contribution in [2.24, 2.45) is 0 Å². The van der Waals surface area contributed by atoms with E-state index in [1.807, 2.05) is 31.2 Å². The van der Waals surface area contributed by atoms with Crippen LogP contribution in [0, 0.1) is 6.92 Å². The van der Waals surface area contributed by atoms with E-state index < -0.39 is 6.10 Å². The van der Waals surface area contributed by atoms with Gasteiger partial charge in [-0.3, -0.25) is 0 Å². The minimum atomic E-state index is -0.417. The highest BCUT2D eigenvalue weighted by molar-refractivity contribution is 7.09. The largest absolute Gasteiger partial charge is 0.497 e. The predicted molar refractivity (Wildman–Crippen MR) is 73.1 cm³/mol. The second-order valence-electron chi connectivity index (χ2n) is 4.20. The zero-order chi connectivity index (χ0) is 13.0. The molecule has 2 rings (SSSR count). The van der Waals surface area contributed by atoms with Gasteiger partial charge in [0.2, 0.25) is 0 Å². The van der Waals surface area contributed by atoms with Crippen molar-refractivity contribution in [3.05, 3.63) is 45.9 Å². The Hall–Kier alpha value is -1.39. The van der Waals surface area contributed by atoms with Crippen molar-refractivity contribution in [3.63, 3.8) is 0 Å². The van der Waals surface area contributed by atoms with E-state index in [4.69, 9.17) is 4.74 Å². The van der Waals surface area contributed by atoms with Crippen molar-refractivity contribution < 1.29 is 9.84 Å². The van der Waals surface area contributed by atoms with Gasteiger partial charge in [0.25, 0.3) is 0 Å². The molecule has 0 spiro atoms. The van der Waals surface area contributed by atoms with E-state index in [9.17, 15) is 5.11 Å². The quantitative estimate of drug-likeness (QED) is 0.901. The predicted octanol–water partition coefficient (Wildman–Crippen LogP) is 3.13. The van der Waals surface area contributed by atoms with Crippen LogP contribution < -0.4 is 4.74 Å². The number of aliphatic hydroxyl groups excluding tert-OH is 1.